The lowest BCUT2D eigenvalue weighted by atomic mass is 10.4. The van der Waals surface area contributed by atoms with Gasteiger partial charge in [0.25, 0.3) is 20.0 Å². The molecule has 4 aromatic heterocycles. The van der Waals surface area contributed by atoms with Crippen molar-refractivity contribution in [3.63, 3.8) is 0 Å². The quantitative estimate of drug-likeness (QED) is 0.287. The highest BCUT2D eigenvalue weighted by atomic mass is 32.3. The average molecular weight is 543 g/mol. The monoisotopic (exact) mass is 542 g/mol. The molecule has 4 heterocycles. The zero-order valence-corrected chi connectivity index (χ0v) is 20.0. The number of rotatable bonds is 8. The lowest BCUT2D eigenvalue weighted by molar-refractivity contribution is 0.563. The van der Waals surface area contributed by atoms with Crippen molar-refractivity contribution in [2.45, 2.75) is 9.79 Å². The fourth-order valence-electron chi connectivity index (χ4n) is 3.64. The molecule has 178 valence electrons. The Morgan fingerprint density at radius 3 is 0.971 bits per heavy atom. The third kappa shape index (κ3) is 3.55. The van der Waals surface area contributed by atoms with Gasteiger partial charge in [0.15, 0.2) is 0 Å². The molecular formula is C18H14N4O8S4. The van der Waals surface area contributed by atoms with Gasteiger partial charge in [-0.25, -0.2) is 24.8 Å². The van der Waals surface area contributed by atoms with Crippen LogP contribution in [0.4, 0.5) is 0 Å². The van der Waals surface area contributed by atoms with Crippen LogP contribution >= 0.6 is 0 Å². The first kappa shape index (κ1) is 22.8. The molecule has 5 rings (SSSR count). The fourth-order valence-corrected chi connectivity index (χ4v) is 10.6. The largest absolute Gasteiger partial charge is 0.319 e. The normalized spacial score (nSPS) is 13.9. The van der Waals surface area contributed by atoms with Crippen molar-refractivity contribution in [1.29, 1.82) is 0 Å². The van der Waals surface area contributed by atoms with Crippen molar-refractivity contribution in [1.82, 2.24) is 16.2 Å². The fraction of sp³-hybridized carbons (Fsp3) is 0. The number of nitrogens with one attached hydrogen (secondary N) is 2. The minimum absolute atomic E-state index is 0.198. The molecule has 0 aliphatic carbocycles. The molecule has 0 saturated heterocycles. The molecule has 5 aromatic rings. The maximum Gasteiger partial charge on any atom is 0.319 e. The van der Waals surface area contributed by atoms with Crippen molar-refractivity contribution in [3.05, 3.63) is 72.8 Å². The number of hydrogen-bond donors (Lipinski definition) is 2. The van der Waals surface area contributed by atoms with Crippen LogP contribution < -0.4 is 8.25 Å². The van der Waals surface area contributed by atoms with Gasteiger partial charge in [-0.05, 0) is 60.7 Å². The van der Waals surface area contributed by atoms with E-state index in [4.69, 9.17) is 0 Å². The summed E-state index contributed by atoms with van der Waals surface area (Å²) in [5, 5.41) is 0. The third-order valence-corrected chi connectivity index (χ3v) is 12.2. The van der Waals surface area contributed by atoms with Gasteiger partial charge in [-0.15, -0.1) is 0 Å². The summed E-state index contributed by atoms with van der Waals surface area (Å²) in [5.74, 6) is 0. The van der Waals surface area contributed by atoms with E-state index in [9.17, 15) is 33.7 Å². The van der Waals surface area contributed by atoms with Gasteiger partial charge in [-0.2, -0.15) is 16.8 Å². The molecule has 16 heteroatoms. The molecule has 34 heavy (non-hydrogen) atoms. The van der Waals surface area contributed by atoms with Gasteiger partial charge in [0.1, 0.15) is 9.79 Å². The molecule has 0 saturated carbocycles. The highest BCUT2D eigenvalue weighted by molar-refractivity contribution is 8.06. The van der Waals surface area contributed by atoms with E-state index in [0.717, 1.165) is 20.1 Å². The Hall–Kier alpha value is -3.02. The van der Waals surface area contributed by atoms with E-state index in [2.05, 4.69) is 0 Å². The smallest absolute Gasteiger partial charge is 0.225 e. The Kier molecular flexibility index (Phi) is 4.84. The number of sulfonamides is 2. The lowest BCUT2D eigenvalue weighted by Crippen LogP contribution is -2.38. The molecule has 1 aromatic carbocycles. The van der Waals surface area contributed by atoms with Gasteiger partial charge >= 0.3 is 20.4 Å². The first-order valence-electron chi connectivity index (χ1n) is 9.29. The zero-order chi connectivity index (χ0) is 24.5. The average Bonchev–Trinajstić information content (AvgIpc) is 3.53. The Morgan fingerprint density at radius 2 is 0.706 bits per heavy atom. The Labute approximate surface area is 194 Å². The highest BCUT2D eigenvalue weighted by Crippen LogP contribution is 2.25. The second-order valence-corrected chi connectivity index (χ2v) is 14.0. The Bertz CT molecular complexity index is 1730. The van der Waals surface area contributed by atoms with Crippen LogP contribution in [0.25, 0.3) is 22.1 Å². The summed E-state index contributed by atoms with van der Waals surface area (Å²) in [6, 6.07) is 15.7. The Balaban J connectivity index is 1.54. The zero-order valence-electron chi connectivity index (χ0n) is 16.7. The number of nitrogens with zero attached hydrogens (tertiary/aromatic N) is 2. The highest BCUT2D eigenvalue weighted by Gasteiger charge is 2.34. The molecule has 0 radical (unpaired) electrons. The van der Waals surface area contributed by atoms with Crippen LogP contribution in [0.2, 0.25) is 0 Å². The van der Waals surface area contributed by atoms with E-state index < -0.39 is 50.3 Å². The van der Waals surface area contributed by atoms with Crippen LogP contribution in [0.3, 0.4) is 0 Å². The molecule has 4 bridgehead atoms. The number of benzene rings is 3. The van der Waals surface area contributed by atoms with Crippen molar-refractivity contribution in [2.24, 2.45) is 0 Å². The molecule has 0 aliphatic rings. The predicted molar refractivity (Wildman–Crippen MR) is 122 cm³/mol. The second kappa shape index (κ2) is 7.24. The van der Waals surface area contributed by atoms with Gasteiger partial charge in [0, 0.05) is 0 Å². The third-order valence-electron chi connectivity index (χ3n) is 4.98. The van der Waals surface area contributed by atoms with E-state index in [1.165, 1.54) is 68.9 Å². The minimum atomic E-state index is -5.00. The van der Waals surface area contributed by atoms with E-state index in [0.29, 0.717) is 0 Å². The molecular weight excluding hydrogens is 528 g/mol. The SMILES string of the molecule is O=S(=O)(NS(=O)(=O)n1c2ccc1cc2)c1ccccc1S(=O)(=O)NS(=O)(=O)n1c2ccc1cc2. The second-order valence-electron chi connectivity index (χ2n) is 7.19. The van der Waals surface area contributed by atoms with Crippen LogP contribution in [0.15, 0.2) is 82.6 Å². The van der Waals surface area contributed by atoms with Crippen molar-refractivity contribution in [3.8, 4) is 0 Å². The van der Waals surface area contributed by atoms with E-state index >= 15 is 0 Å². The molecule has 0 atom stereocenters. The summed E-state index contributed by atoms with van der Waals surface area (Å²) in [5.41, 5.74) is 0.792. The van der Waals surface area contributed by atoms with Gasteiger partial charge in [-0.3, -0.25) is 0 Å². The number of hydrogen-bond acceptors (Lipinski definition) is 8. The summed E-state index contributed by atoms with van der Waals surface area (Å²) in [6.45, 7) is 0. The first-order chi connectivity index (χ1) is 15.8. The standard InChI is InChI=1S/C18H14N4O8S4/c23-31(24,19-33(27,28)21-13-5-6-14(21)8-7-13)17-3-1-2-4-18(17)32(25,26)20-34(29,30)22-15-9-10-16(22)12-11-15/h1-12,19-20H. The summed E-state index contributed by atoms with van der Waals surface area (Å²) in [4.78, 5) is -1.91. The summed E-state index contributed by atoms with van der Waals surface area (Å²) < 4.78 is 107. The van der Waals surface area contributed by atoms with Gasteiger partial charge in [0.2, 0.25) is 0 Å². The first-order valence-corrected chi connectivity index (χ1v) is 15.1. The number of aromatic nitrogens is 2. The van der Waals surface area contributed by atoms with Crippen LogP contribution in [0.1, 0.15) is 0 Å². The summed E-state index contributed by atoms with van der Waals surface area (Å²) in [7, 11) is -19.4. The van der Waals surface area contributed by atoms with Crippen LogP contribution in [0.5, 0.6) is 0 Å². The van der Waals surface area contributed by atoms with E-state index in [-0.39, 0.29) is 22.1 Å². The Morgan fingerprint density at radius 1 is 0.441 bits per heavy atom. The molecule has 0 spiro atoms. The summed E-state index contributed by atoms with van der Waals surface area (Å²) >= 11 is 0. The molecule has 0 fully saturated rings. The minimum Gasteiger partial charge on any atom is -0.225 e. The van der Waals surface area contributed by atoms with Crippen LogP contribution in [0, 0.1) is 0 Å². The maximum absolute atomic E-state index is 13.0. The van der Waals surface area contributed by atoms with Gasteiger partial charge < -0.3 is 0 Å². The van der Waals surface area contributed by atoms with Crippen molar-refractivity contribution < 1.29 is 33.7 Å². The molecule has 12 nitrogen and oxygen atoms in total. The maximum atomic E-state index is 13.0. The summed E-state index contributed by atoms with van der Waals surface area (Å²) in [6.07, 6.45) is 0. The van der Waals surface area contributed by atoms with Crippen LogP contribution in [-0.4, -0.2) is 41.6 Å². The molecule has 0 amide bonds. The number of fused-ring (bicyclic) bond motifs is 4. The predicted octanol–water partition coefficient (Wildman–Crippen LogP) is 0.614. The van der Waals surface area contributed by atoms with Gasteiger partial charge in [0.05, 0.1) is 22.1 Å². The van der Waals surface area contributed by atoms with Gasteiger partial charge in [-0.1, -0.05) is 20.4 Å². The topological polar surface area (TPSA) is 170 Å². The molecule has 0 unspecified atom stereocenters. The molecule has 2 N–H and O–H groups in total. The van der Waals surface area contributed by atoms with E-state index in [1.807, 2.05) is 0 Å². The van der Waals surface area contributed by atoms with Crippen molar-refractivity contribution in [2.75, 3.05) is 0 Å². The molecule has 0 aliphatic heterocycles. The van der Waals surface area contributed by atoms with E-state index in [1.54, 1.807) is 0 Å². The van der Waals surface area contributed by atoms with Crippen LogP contribution in [-0.2, 0) is 40.5 Å². The lowest BCUT2D eigenvalue weighted by Gasteiger charge is -2.14. The van der Waals surface area contributed by atoms with Crippen molar-refractivity contribution >= 4 is 62.5 Å².